The Bertz CT molecular complexity index is 890. The molecule has 0 atom stereocenters. The predicted molar refractivity (Wildman–Crippen MR) is 93.0 cm³/mol. The summed E-state index contributed by atoms with van der Waals surface area (Å²) in [6, 6.07) is 11.6. The van der Waals surface area contributed by atoms with Crippen LogP contribution in [0.25, 0.3) is 11.1 Å². The first-order valence-corrected chi connectivity index (χ1v) is 8.33. The first-order chi connectivity index (χ1) is 12.3. The first-order valence-electron chi connectivity index (χ1n) is 8.33. The molecule has 1 amide bonds. The lowest BCUT2D eigenvalue weighted by Gasteiger charge is -2.27. The number of para-hydroxylation sites is 1. The fourth-order valence-corrected chi connectivity index (χ4v) is 3.26. The van der Waals surface area contributed by atoms with Crippen molar-refractivity contribution in [2.45, 2.75) is 6.54 Å². The third-order valence-electron chi connectivity index (χ3n) is 4.56. The maximum Gasteiger partial charge on any atom is 0.270 e. The molecule has 1 fully saturated rings. The van der Waals surface area contributed by atoms with Gasteiger partial charge < -0.3 is 23.4 Å². The van der Waals surface area contributed by atoms with Crippen LogP contribution in [0.1, 0.15) is 16.1 Å². The molecule has 0 saturated carbocycles. The van der Waals surface area contributed by atoms with Gasteiger partial charge in [0, 0.05) is 30.8 Å². The van der Waals surface area contributed by atoms with E-state index in [0.717, 1.165) is 16.8 Å². The van der Waals surface area contributed by atoms with Crippen LogP contribution in [0.3, 0.4) is 0 Å². The molecule has 1 aliphatic heterocycles. The number of aromatic nitrogens is 1. The van der Waals surface area contributed by atoms with Crippen molar-refractivity contribution in [2.24, 2.45) is 0 Å². The minimum absolute atomic E-state index is 0.00426. The number of methoxy groups -OCH3 is 1. The minimum atomic E-state index is 0.00426. The summed E-state index contributed by atoms with van der Waals surface area (Å²) in [6.45, 7) is 2.92. The number of furan rings is 1. The smallest absolute Gasteiger partial charge is 0.270 e. The average molecular weight is 340 g/mol. The normalized spacial score (nSPS) is 14.8. The monoisotopic (exact) mass is 340 g/mol. The fourth-order valence-electron chi connectivity index (χ4n) is 3.26. The van der Waals surface area contributed by atoms with Crippen LogP contribution in [0.5, 0.6) is 5.75 Å². The van der Waals surface area contributed by atoms with Gasteiger partial charge in [-0.2, -0.15) is 0 Å². The van der Waals surface area contributed by atoms with Gasteiger partial charge in [0.05, 0.1) is 38.6 Å². The number of hydrogen-bond acceptors (Lipinski definition) is 4. The molecule has 0 spiro atoms. The number of nitrogens with zero attached hydrogens (tertiary/aromatic N) is 2. The van der Waals surface area contributed by atoms with Crippen LogP contribution in [0.4, 0.5) is 0 Å². The molecule has 1 aromatic carbocycles. The summed E-state index contributed by atoms with van der Waals surface area (Å²) in [6.07, 6.45) is 1.65. The third kappa shape index (κ3) is 2.89. The molecule has 130 valence electrons. The van der Waals surface area contributed by atoms with E-state index in [1.807, 2.05) is 45.9 Å². The van der Waals surface area contributed by atoms with Gasteiger partial charge >= 0.3 is 0 Å². The van der Waals surface area contributed by atoms with E-state index in [2.05, 4.69) is 0 Å². The van der Waals surface area contributed by atoms with Gasteiger partial charge in [0.25, 0.3) is 5.91 Å². The van der Waals surface area contributed by atoms with Gasteiger partial charge in [-0.3, -0.25) is 4.79 Å². The Hall–Kier alpha value is -2.73. The number of hydrogen-bond donors (Lipinski definition) is 0. The van der Waals surface area contributed by atoms with E-state index in [9.17, 15) is 4.79 Å². The van der Waals surface area contributed by atoms with Gasteiger partial charge in [-0.1, -0.05) is 18.2 Å². The van der Waals surface area contributed by atoms with Crippen molar-refractivity contribution in [3.8, 4) is 5.75 Å². The van der Waals surface area contributed by atoms with Gasteiger partial charge in [-0.25, -0.2) is 0 Å². The highest BCUT2D eigenvalue weighted by atomic mass is 16.5. The molecule has 3 heterocycles. The largest absolute Gasteiger partial charge is 0.496 e. The number of ether oxygens (including phenoxy) is 2. The molecule has 1 aliphatic rings. The van der Waals surface area contributed by atoms with Crippen molar-refractivity contribution >= 4 is 17.0 Å². The zero-order chi connectivity index (χ0) is 17.2. The molecule has 1 saturated heterocycles. The molecule has 25 heavy (non-hydrogen) atoms. The SMILES string of the molecule is COc1ccccc1Cn1c(C(=O)N2CCOCC2)cc2occc21. The van der Waals surface area contributed by atoms with E-state index < -0.39 is 0 Å². The first kappa shape index (κ1) is 15.8. The van der Waals surface area contributed by atoms with Crippen LogP contribution in [0.2, 0.25) is 0 Å². The lowest BCUT2D eigenvalue weighted by atomic mass is 10.2. The molecule has 0 radical (unpaired) electrons. The lowest BCUT2D eigenvalue weighted by Crippen LogP contribution is -2.41. The quantitative estimate of drug-likeness (QED) is 0.733. The number of rotatable bonds is 4. The molecule has 0 unspecified atom stereocenters. The molecule has 6 nitrogen and oxygen atoms in total. The Morgan fingerprint density at radius 2 is 2.00 bits per heavy atom. The van der Waals surface area contributed by atoms with Crippen molar-refractivity contribution in [1.29, 1.82) is 0 Å². The third-order valence-corrected chi connectivity index (χ3v) is 4.56. The van der Waals surface area contributed by atoms with Gasteiger partial charge in [-0.15, -0.1) is 0 Å². The molecule has 2 aromatic heterocycles. The Morgan fingerprint density at radius 1 is 1.20 bits per heavy atom. The minimum Gasteiger partial charge on any atom is -0.496 e. The van der Waals surface area contributed by atoms with Gasteiger partial charge in [0.15, 0.2) is 5.58 Å². The maximum absolute atomic E-state index is 13.0. The molecular weight excluding hydrogens is 320 g/mol. The molecule has 4 rings (SSSR count). The second-order valence-corrected chi connectivity index (χ2v) is 6.00. The molecule has 3 aromatic rings. The van der Waals surface area contributed by atoms with Crippen LogP contribution >= 0.6 is 0 Å². The van der Waals surface area contributed by atoms with Crippen molar-refractivity contribution in [3.63, 3.8) is 0 Å². The summed E-state index contributed by atoms with van der Waals surface area (Å²) in [5, 5.41) is 0. The number of carbonyl (C=O) groups excluding carboxylic acids is 1. The molecule has 0 N–H and O–H groups in total. The Balaban J connectivity index is 1.74. The zero-order valence-electron chi connectivity index (χ0n) is 14.1. The zero-order valence-corrected chi connectivity index (χ0v) is 14.1. The summed E-state index contributed by atoms with van der Waals surface area (Å²) in [7, 11) is 1.65. The van der Waals surface area contributed by atoms with Crippen LogP contribution in [0, 0.1) is 0 Å². The van der Waals surface area contributed by atoms with Crippen LogP contribution in [-0.2, 0) is 11.3 Å². The van der Waals surface area contributed by atoms with E-state index in [4.69, 9.17) is 13.9 Å². The van der Waals surface area contributed by atoms with Crippen molar-refractivity contribution in [1.82, 2.24) is 9.47 Å². The Morgan fingerprint density at radius 3 is 2.80 bits per heavy atom. The Labute approximate surface area is 145 Å². The molecule has 6 heteroatoms. The number of benzene rings is 1. The van der Waals surface area contributed by atoms with E-state index >= 15 is 0 Å². The topological polar surface area (TPSA) is 56.8 Å². The highest BCUT2D eigenvalue weighted by Gasteiger charge is 2.24. The molecule has 0 bridgehead atoms. The summed E-state index contributed by atoms with van der Waals surface area (Å²) < 4.78 is 18.3. The summed E-state index contributed by atoms with van der Waals surface area (Å²) in [4.78, 5) is 14.8. The summed E-state index contributed by atoms with van der Waals surface area (Å²) in [5.74, 6) is 0.808. The van der Waals surface area contributed by atoms with Crippen molar-refractivity contribution in [2.75, 3.05) is 33.4 Å². The average Bonchev–Trinajstić information content (AvgIpc) is 3.25. The fraction of sp³-hybridized carbons (Fsp3) is 0.316. The predicted octanol–water partition coefficient (Wildman–Crippen LogP) is 2.76. The van der Waals surface area contributed by atoms with Gasteiger partial charge in [-0.05, 0) is 6.07 Å². The molecular formula is C19H20N2O4. The number of morpholine rings is 1. The second kappa shape index (κ2) is 6.64. The van der Waals surface area contributed by atoms with Crippen LogP contribution in [0.15, 0.2) is 47.1 Å². The van der Waals surface area contributed by atoms with Crippen LogP contribution < -0.4 is 4.74 Å². The van der Waals surface area contributed by atoms with Gasteiger partial charge in [0.1, 0.15) is 11.4 Å². The standard InChI is InChI=1S/C19H20N2O4/c1-23-17-5-3-2-4-14(17)13-21-15-6-9-25-18(15)12-16(21)19(22)20-7-10-24-11-8-20/h2-6,9,12H,7-8,10-11,13H2,1H3. The van der Waals surface area contributed by atoms with Crippen molar-refractivity contribution in [3.05, 3.63) is 53.9 Å². The Kier molecular flexibility index (Phi) is 4.19. The number of carbonyl (C=O) groups is 1. The number of amides is 1. The van der Waals surface area contributed by atoms with Crippen LogP contribution in [-0.4, -0.2) is 48.8 Å². The molecule has 0 aliphatic carbocycles. The lowest BCUT2D eigenvalue weighted by molar-refractivity contribution is 0.0296. The highest BCUT2D eigenvalue weighted by Crippen LogP contribution is 2.26. The summed E-state index contributed by atoms with van der Waals surface area (Å²) >= 11 is 0. The van der Waals surface area contributed by atoms with Crippen molar-refractivity contribution < 1.29 is 18.7 Å². The maximum atomic E-state index is 13.0. The van der Waals surface area contributed by atoms with E-state index in [-0.39, 0.29) is 5.91 Å². The van der Waals surface area contributed by atoms with E-state index in [0.29, 0.717) is 44.1 Å². The highest BCUT2D eigenvalue weighted by molar-refractivity contribution is 5.97. The van der Waals surface area contributed by atoms with Gasteiger partial charge in [0.2, 0.25) is 0 Å². The second-order valence-electron chi connectivity index (χ2n) is 6.00. The van der Waals surface area contributed by atoms with E-state index in [1.54, 1.807) is 13.4 Å². The van der Waals surface area contributed by atoms with E-state index in [1.165, 1.54) is 0 Å². The summed E-state index contributed by atoms with van der Waals surface area (Å²) in [5.41, 5.74) is 3.26. The number of fused-ring (bicyclic) bond motifs is 1.